The van der Waals surface area contributed by atoms with Gasteiger partial charge in [0.2, 0.25) is 11.8 Å². The maximum Gasteiger partial charge on any atom is 0.328 e. The molecule has 1 aromatic heterocycles. The smallest absolute Gasteiger partial charge is 0.328 e. The molecule has 0 saturated carbocycles. The van der Waals surface area contributed by atoms with E-state index in [0.717, 1.165) is 6.07 Å². The molecule has 138 valence electrons. The molecule has 2 aromatic rings. The lowest BCUT2D eigenvalue weighted by Crippen LogP contribution is -2.43. The summed E-state index contributed by atoms with van der Waals surface area (Å²) in [4.78, 5) is 28.1. The fourth-order valence-electron chi connectivity index (χ4n) is 2.31. The van der Waals surface area contributed by atoms with E-state index in [9.17, 15) is 18.4 Å². The van der Waals surface area contributed by atoms with Crippen molar-refractivity contribution >= 4 is 11.9 Å². The summed E-state index contributed by atoms with van der Waals surface area (Å²) < 4.78 is 36.2. The summed E-state index contributed by atoms with van der Waals surface area (Å²) in [6.07, 6.45) is 1.32. The second-order valence-electron chi connectivity index (χ2n) is 5.47. The number of amides is 1. The Balaban J connectivity index is 2.06. The van der Waals surface area contributed by atoms with Gasteiger partial charge in [-0.15, -0.1) is 0 Å². The highest BCUT2D eigenvalue weighted by atomic mass is 19.1. The average molecular weight is 364 g/mol. The summed E-state index contributed by atoms with van der Waals surface area (Å²) in [5.41, 5.74) is 0.702. The lowest BCUT2D eigenvalue weighted by molar-refractivity contribution is -0.145. The molecule has 0 aliphatic heterocycles. The molecule has 1 atom stereocenters. The van der Waals surface area contributed by atoms with Crippen LogP contribution in [0.3, 0.4) is 0 Å². The number of rotatable bonds is 7. The summed E-state index contributed by atoms with van der Waals surface area (Å²) in [6, 6.07) is 5.31. The highest BCUT2D eigenvalue weighted by Crippen LogP contribution is 2.12. The van der Waals surface area contributed by atoms with Crippen LogP contribution in [0.4, 0.5) is 8.78 Å². The van der Waals surface area contributed by atoms with Crippen molar-refractivity contribution in [2.75, 3.05) is 14.2 Å². The zero-order valence-corrected chi connectivity index (χ0v) is 14.3. The molecule has 2 rings (SSSR count). The first-order valence-electron chi connectivity index (χ1n) is 7.73. The van der Waals surface area contributed by atoms with Gasteiger partial charge in [-0.05, 0) is 17.2 Å². The van der Waals surface area contributed by atoms with Gasteiger partial charge >= 0.3 is 5.97 Å². The Bertz CT molecular complexity index is 781. The summed E-state index contributed by atoms with van der Waals surface area (Å²) in [7, 11) is 2.68. The van der Waals surface area contributed by atoms with Gasteiger partial charge in [0, 0.05) is 24.8 Å². The van der Waals surface area contributed by atoms with E-state index in [0.29, 0.717) is 17.5 Å². The molecule has 0 radical (unpaired) electrons. The van der Waals surface area contributed by atoms with Crippen molar-refractivity contribution in [1.82, 2.24) is 10.3 Å². The number of esters is 1. The predicted molar refractivity (Wildman–Crippen MR) is 88.5 cm³/mol. The van der Waals surface area contributed by atoms with E-state index in [-0.39, 0.29) is 18.4 Å². The second kappa shape index (κ2) is 8.89. The van der Waals surface area contributed by atoms with Gasteiger partial charge in [0.15, 0.2) is 0 Å². The average Bonchev–Trinajstić information content (AvgIpc) is 2.63. The van der Waals surface area contributed by atoms with Crippen LogP contribution in [0.5, 0.6) is 5.88 Å². The molecular weight excluding hydrogens is 346 g/mol. The van der Waals surface area contributed by atoms with Crippen LogP contribution < -0.4 is 10.1 Å². The fourth-order valence-corrected chi connectivity index (χ4v) is 2.31. The van der Waals surface area contributed by atoms with E-state index in [1.165, 1.54) is 26.5 Å². The van der Waals surface area contributed by atoms with Crippen LogP contribution in [0.25, 0.3) is 0 Å². The summed E-state index contributed by atoms with van der Waals surface area (Å²) in [6.45, 7) is 0. The molecule has 8 heteroatoms. The number of nitrogens with one attached hydrogen (secondary N) is 1. The van der Waals surface area contributed by atoms with Gasteiger partial charge in [-0.25, -0.2) is 18.6 Å². The molecule has 0 aliphatic carbocycles. The number of hydrogen-bond acceptors (Lipinski definition) is 5. The summed E-state index contributed by atoms with van der Waals surface area (Å²) in [5.74, 6) is -2.37. The third kappa shape index (κ3) is 5.23. The standard InChI is InChI=1S/C18H18F2N2O4/c1-25-17-6-3-11(10-21-17)7-15(18(24)26-2)22-16(23)8-12-4-5-13(19)9-14(12)20/h3-6,9-10,15H,7-8H2,1-2H3,(H,22,23)/t15-/m0/s1. The number of halogens is 2. The largest absolute Gasteiger partial charge is 0.481 e. The van der Waals surface area contributed by atoms with Gasteiger partial charge < -0.3 is 14.8 Å². The number of aromatic nitrogens is 1. The normalized spacial score (nSPS) is 11.5. The monoisotopic (exact) mass is 364 g/mol. The number of carbonyl (C=O) groups is 2. The number of pyridine rings is 1. The Labute approximate surface area is 149 Å². The van der Waals surface area contributed by atoms with Crippen LogP contribution in [0.1, 0.15) is 11.1 Å². The zero-order valence-electron chi connectivity index (χ0n) is 14.3. The van der Waals surface area contributed by atoms with Gasteiger partial charge in [0.25, 0.3) is 0 Å². The number of benzene rings is 1. The van der Waals surface area contributed by atoms with E-state index >= 15 is 0 Å². The lowest BCUT2D eigenvalue weighted by Gasteiger charge is -2.17. The Kier molecular flexibility index (Phi) is 6.60. The zero-order chi connectivity index (χ0) is 19.1. The van der Waals surface area contributed by atoms with Gasteiger partial charge in [-0.1, -0.05) is 12.1 Å². The van der Waals surface area contributed by atoms with Crippen molar-refractivity contribution in [2.24, 2.45) is 0 Å². The van der Waals surface area contributed by atoms with Crippen LogP contribution in [-0.2, 0) is 27.2 Å². The van der Waals surface area contributed by atoms with Crippen molar-refractivity contribution in [1.29, 1.82) is 0 Å². The molecule has 0 unspecified atom stereocenters. The highest BCUT2D eigenvalue weighted by molar-refractivity contribution is 5.85. The molecule has 0 spiro atoms. The molecule has 0 saturated heterocycles. The van der Waals surface area contributed by atoms with Crippen molar-refractivity contribution < 1.29 is 27.8 Å². The van der Waals surface area contributed by atoms with E-state index in [2.05, 4.69) is 10.3 Å². The SMILES string of the molecule is COC(=O)[C@H](Cc1ccc(OC)nc1)NC(=O)Cc1ccc(F)cc1F. The highest BCUT2D eigenvalue weighted by Gasteiger charge is 2.23. The van der Waals surface area contributed by atoms with Crippen molar-refractivity contribution in [3.63, 3.8) is 0 Å². The Morgan fingerprint density at radius 1 is 1.19 bits per heavy atom. The fraction of sp³-hybridized carbons (Fsp3) is 0.278. The molecule has 0 fully saturated rings. The number of carbonyl (C=O) groups excluding carboxylic acids is 2. The first kappa shape index (κ1) is 19.3. The van der Waals surface area contributed by atoms with Crippen LogP contribution >= 0.6 is 0 Å². The van der Waals surface area contributed by atoms with E-state index in [1.54, 1.807) is 12.1 Å². The predicted octanol–water partition coefficient (Wildman–Crippen LogP) is 1.81. The first-order valence-corrected chi connectivity index (χ1v) is 7.73. The molecule has 0 bridgehead atoms. The number of hydrogen-bond donors (Lipinski definition) is 1. The topological polar surface area (TPSA) is 77.5 Å². The molecule has 6 nitrogen and oxygen atoms in total. The van der Waals surface area contributed by atoms with Gasteiger partial charge in [-0.2, -0.15) is 0 Å². The second-order valence-corrected chi connectivity index (χ2v) is 5.47. The molecule has 1 heterocycles. The Hall–Kier alpha value is -3.03. The lowest BCUT2D eigenvalue weighted by atomic mass is 10.1. The van der Waals surface area contributed by atoms with Gasteiger partial charge in [0.1, 0.15) is 17.7 Å². The van der Waals surface area contributed by atoms with Crippen LogP contribution in [-0.4, -0.2) is 37.1 Å². The quantitative estimate of drug-likeness (QED) is 0.759. The first-order chi connectivity index (χ1) is 12.4. The third-order valence-electron chi connectivity index (χ3n) is 3.63. The maximum absolute atomic E-state index is 13.7. The van der Waals surface area contributed by atoms with Crippen LogP contribution in [0.15, 0.2) is 36.5 Å². The summed E-state index contributed by atoms with van der Waals surface area (Å²) in [5, 5.41) is 2.50. The molecule has 1 N–H and O–H groups in total. The Morgan fingerprint density at radius 3 is 2.54 bits per heavy atom. The van der Waals surface area contributed by atoms with Crippen LogP contribution in [0, 0.1) is 11.6 Å². The minimum absolute atomic E-state index is 0.0265. The van der Waals surface area contributed by atoms with Crippen molar-refractivity contribution in [2.45, 2.75) is 18.9 Å². The number of ether oxygens (including phenoxy) is 2. The van der Waals surface area contributed by atoms with E-state index in [4.69, 9.17) is 9.47 Å². The number of methoxy groups -OCH3 is 2. The molecular formula is C18H18F2N2O4. The minimum Gasteiger partial charge on any atom is -0.481 e. The molecule has 1 aromatic carbocycles. The van der Waals surface area contributed by atoms with Gasteiger partial charge in [-0.3, -0.25) is 4.79 Å². The maximum atomic E-state index is 13.7. The summed E-state index contributed by atoms with van der Waals surface area (Å²) >= 11 is 0. The Morgan fingerprint density at radius 2 is 1.96 bits per heavy atom. The molecule has 26 heavy (non-hydrogen) atoms. The molecule has 0 aliphatic rings. The van der Waals surface area contributed by atoms with E-state index in [1.807, 2.05) is 0 Å². The van der Waals surface area contributed by atoms with Crippen LogP contribution in [0.2, 0.25) is 0 Å². The van der Waals surface area contributed by atoms with Crippen molar-refractivity contribution in [3.8, 4) is 5.88 Å². The van der Waals surface area contributed by atoms with E-state index < -0.39 is 29.6 Å². The minimum atomic E-state index is -0.966. The third-order valence-corrected chi connectivity index (χ3v) is 3.63. The molecule has 1 amide bonds. The van der Waals surface area contributed by atoms with Crippen molar-refractivity contribution in [3.05, 3.63) is 59.3 Å². The van der Waals surface area contributed by atoms with Gasteiger partial charge in [0.05, 0.1) is 20.6 Å². The number of nitrogens with zero attached hydrogens (tertiary/aromatic N) is 1.